The van der Waals surface area contributed by atoms with Gasteiger partial charge in [-0.3, -0.25) is 19.2 Å². The SMILES string of the molecule is CC[C@H]1OC(=O)[C@H](C)C(=O)C[C@@H](O[C@@H]2OC(C)CC(N(C)C)C2O)[C@](C)(OC)C[C@@H](C)CN[C@H](C)[C@H]2N(CCCCn3cc(-c4cccc(N)c4)nn3)C(=O)O[C@]12C.CSF. The summed E-state index contributed by atoms with van der Waals surface area (Å²) < 4.78 is 43.2. The molecule has 1 aromatic heterocycles. The van der Waals surface area contributed by atoms with Gasteiger partial charge in [0.1, 0.15) is 29.6 Å². The minimum atomic E-state index is -1.22. The van der Waals surface area contributed by atoms with Crippen molar-refractivity contribution in [1.82, 2.24) is 30.1 Å². The lowest BCUT2D eigenvalue weighted by atomic mass is 9.83. The predicted octanol–water partition coefficient (Wildman–Crippen LogP) is 5.27. The fourth-order valence-electron chi connectivity index (χ4n) is 8.95. The Morgan fingerprint density at radius 1 is 1.13 bits per heavy atom. The van der Waals surface area contributed by atoms with Gasteiger partial charge in [-0.15, -0.1) is 5.10 Å². The Balaban J connectivity index is 0.00000265. The summed E-state index contributed by atoms with van der Waals surface area (Å²) in [7, 11) is 5.38. The number of halogens is 1. The average molecular weight is 880 g/mol. The third-order valence-electron chi connectivity index (χ3n) is 12.5. The molecule has 0 aliphatic carbocycles. The van der Waals surface area contributed by atoms with Crippen LogP contribution in [0.5, 0.6) is 0 Å². The number of rotatable bonds is 11. The van der Waals surface area contributed by atoms with Crippen molar-refractivity contribution < 1.29 is 47.1 Å². The Morgan fingerprint density at radius 3 is 2.46 bits per heavy atom. The summed E-state index contributed by atoms with van der Waals surface area (Å²) in [6, 6.07) is 6.47. The molecule has 18 heteroatoms. The third-order valence-corrected chi connectivity index (χ3v) is 12.5. The second-order valence-corrected chi connectivity index (χ2v) is 17.8. The number of aromatic nitrogens is 3. The fourth-order valence-corrected chi connectivity index (χ4v) is 8.95. The molecule has 12 atom stereocenters. The molecular formula is C43H70FN7O9S. The number of aliphatic hydroxyl groups is 1. The molecular weight excluding hydrogens is 810 g/mol. The number of ether oxygens (including phenoxy) is 5. The first-order valence-corrected chi connectivity index (χ1v) is 22.5. The second kappa shape index (κ2) is 22.3. The second-order valence-electron chi connectivity index (χ2n) is 17.5. The van der Waals surface area contributed by atoms with Crippen molar-refractivity contribution in [3.63, 3.8) is 0 Å². The normalized spacial score (nSPS) is 34.1. The quantitative estimate of drug-likeness (QED) is 0.114. The molecule has 0 bridgehead atoms. The average Bonchev–Trinajstić information content (AvgIpc) is 3.79. The molecule has 3 saturated heterocycles. The molecule has 5 rings (SSSR count). The molecule has 4 heterocycles. The van der Waals surface area contributed by atoms with Crippen molar-refractivity contribution in [2.75, 3.05) is 46.3 Å². The molecule has 1 amide bonds. The maximum Gasteiger partial charge on any atom is 0.410 e. The number of Topliss-reactive ketones (excluding diaryl/α,β-unsaturated/α-hetero) is 1. The number of anilines is 1. The van der Waals surface area contributed by atoms with E-state index >= 15 is 0 Å². The van der Waals surface area contributed by atoms with Crippen molar-refractivity contribution in [1.29, 1.82) is 0 Å². The zero-order chi connectivity index (χ0) is 45.2. The van der Waals surface area contributed by atoms with E-state index < -0.39 is 65.6 Å². The molecule has 0 radical (unpaired) electrons. The number of nitrogen functional groups attached to an aromatic ring is 1. The van der Waals surface area contributed by atoms with Crippen molar-refractivity contribution in [3.05, 3.63) is 30.5 Å². The zero-order valence-electron chi connectivity index (χ0n) is 37.8. The molecule has 3 fully saturated rings. The van der Waals surface area contributed by atoms with Gasteiger partial charge in [-0.25, -0.2) is 4.79 Å². The fraction of sp³-hybridized carbons (Fsp3) is 0.744. The van der Waals surface area contributed by atoms with Gasteiger partial charge in [-0.1, -0.05) is 31.2 Å². The number of cyclic esters (lactones) is 1. The van der Waals surface area contributed by atoms with Gasteiger partial charge in [-0.2, -0.15) is 3.89 Å². The largest absolute Gasteiger partial charge is 0.458 e. The minimum Gasteiger partial charge on any atom is -0.458 e. The molecule has 1 aromatic carbocycles. The van der Waals surface area contributed by atoms with Gasteiger partial charge in [0, 0.05) is 68.4 Å². The van der Waals surface area contributed by atoms with E-state index in [4.69, 9.17) is 29.4 Å². The number of hydrogen-bond donors (Lipinski definition) is 3. The number of esters is 1. The van der Waals surface area contributed by atoms with Gasteiger partial charge in [0.05, 0.1) is 30.0 Å². The number of carbonyl (C=O) groups excluding carboxylic acids is 3. The molecule has 0 saturated carbocycles. The number of nitrogens with two attached hydrogens (primary N) is 1. The van der Waals surface area contributed by atoms with Crippen LogP contribution in [-0.4, -0.2) is 148 Å². The molecule has 3 aliphatic rings. The number of fused-ring (bicyclic) bond motifs is 1. The third kappa shape index (κ3) is 12.4. The minimum absolute atomic E-state index is 0.000667. The number of hydrogen-bond acceptors (Lipinski definition) is 15. The van der Waals surface area contributed by atoms with Gasteiger partial charge in [0.15, 0.2) is 11.9 Å². The van der Waals surface area contributed by atoms with E-state index in [1.807, 2.05) is 84.1 Å². The molecule has 3 unspecified atom stereocenters. The lowest BCUT2D eigenvalue weighted by molar-refractivity contribution is -0.289. The number of methoxy groups -OCH3 is 1. The molecule has 61 heavy (non-hydrogen) atoms. The lowest BCUT2D eigenvalue weighted by Gasteiger charge is -2.45. The molecule has 16 nitrogen and oxygen atoms in total. The Bertz CT molecular complexity index is 1740. The monoisotopic (exact) mass is 879 g/mol. The Hall–Kier alpha value is -3.39. The number of carbonyl (C=O) groups is 3. The maximum absolute atomic E-state index is 14.0. The Morgan fingerprint density at radius 2 is 1.82 bits per heavy atom. The van der Waals surface area contributed by atoms with Gasteiger partial charge < -0.3 is 44.7 Å². The molecule has 2 aromatic rings. The van der Waals surface area contributed by atoms with Gasteiger partial charge in [0.2, 0.25) is 0 Å². The van der Waals surface area contributed by atoms with Crippen molar-refractivity contribution in [2.24, 2.45) is 11.8 Å². The van der Waals surface area contributed by atoms with Crippen LogP contribution in [0.3, 0.4) is 0 Å². The number of likely N-dealkylation sites (N-methyl/N-ethyl adjacent to an activating group) is 1. The van der Waals surface area contributed by atoms with Crippen LogP contribution in [0.25, 0.3) is 11.3 Å². The maximum atomic E-state index is 14.0. The van der Waals surface area contributed by atoms with E-state index in [2.05, 4.69) is 22.6 Å². The Kier molecular flexibility index (Phi) is 18.4. The highest BCUT2D eigenvalue weighted by molar-refractivity contribution is 7.93. The summed E-state index contributed by atoms with van der Waals surface area (Å²) in [4.78, 5) is 45.4. The highest BCUT2D eigenvalue weighted by Crippen LogP contribution is 2.39. The lowest BCUT2D eigenvalue weighted by Crippen LogP contribution is -2.61. The van der Waals surface area contributed by atoms with Gasteiger partial charge >= 0.3 is 12.1 Å². The van der Waals surface area contributed by atoms with E-state index in [0.29, 0.717) is 57.4 Å². The van der Waals surface area contributed by atoms with Crippen LogP contribution < -0.4 is 11.1 Å². The topological polar surface area (TPSA) is 193 Å². The number of ketones is 1. The number of nitrogens with zero attached hydrogens (tertiary/aromatic N) is 5. The van der Waals surface area contributed by atoms with E-state index in [1.54, 1.807) is 16.7 Å². The van der Waals surface area contributed by atoms with E-state index in [1.165, 1.54) is 13.2 Å². The van der Waals surface area contributed by atoms with Crippen LogP contribution in [0.15, 0.2) is 30.5 Å². The van der Waals surface area contributed by atoms with E-state index in [9.17, 15) is 23.4 Å². The van der Waals surface area contributed by atoms with E-state index in [-0.39, 0.29) is 42.7 Å². The number of aryl methyl sites for hydroxylation is 1. The summed E-state index contributed by atoms with van der Waals surface area (Å²) in [5.41, 5.74) is 5.98. The number of unbranched alkanes of at least 4 members (excludes halogenated alkanes) is 1. The van der Waals surface area contributed by atoms with Crippen LogP contribution in [0.2, 0.25) is 0 Å². The predicted molar refractivity (Wildman–Crippen MR) is 232 cm³/mol. The van der Waals surface area contributed by atoms with Crippen LogP contribution in [-0.2, 0) is 39.8 Å². The summed E-state index contributed by atoms with van der Waals surface area (Å²) in [5, 5.41) is 23.6. The highest BCUT2D eigenvalue weighted by Gasteiger charge is 2.58. The first-order chi connectivity index (χ1) is 28.8. The number of amides is 1. The first kappa shape index (κ1) is 50.3. The summed E-state index contributed by atoms with van der Waals surface area (Å²) in [6.45, 7) is 14.7. The summed E-state index contributed by atoms with van der Waals surface area (Å²) in [6.07, 6.45) is 1.49. The molecule has 344 valence electrons. The van der Waals surface area contributed by atoms with Gasteiger partial charge in [0.25, 0.3) is 0 Å². The van der Waals surface area contributed by atoms with Crippen molar-refractivity contribution in [2.45, 2.75) is 154 Å². The van der Waals surface area contributed by atoms with Crippen LogP contribution in [0.4, 0.5) is 14.4 Å². The smallest absolute Gasteiger partial charge is 0.410 e. The van der Waals surface area contributed by atoms with Crippen LogP contribution in [0.1, 0.15) is 87.0 Å². The molecule has 4 N–H and O–H groups in total. The zero-order valence-corrected chi connectivity index (χ0v) is 38.7. The molecule has 3 aliphatic heterocycles. The highest BCUT2D eigenvalue weighted by atomic mass is 32.2. The van der Waals surface area contributed by atoms with Crippen LogP contribution in [0, 0.1) is 11.8 Å². The van der Waals surface area contributed by atoms with E-state index in [0.717, 1.165) is 11.3 Å². The van der Waals surface area contributed by atoms with Gasteiger partial charge in [-0.05, 0) is 105 Å². The number of aliphatic hydroxyl groups excluding tert-OH is 1. The molecule has 0 spiro atoms. The van der Waals surface area contributed by atoms with Crippen molar-refractivity contribution in [3.8, 4) is 11.3 Å². The summed E-state index contributed by atoms with van der Waals surface area (Å²) in [5.74, 6) is -2.27. The first-order valence-electron chi connectivity index (χ1n) is 21.4. The van der Waals surface area contributed by atoms with Crippen LogP contribution >= 0.6 is 12.1 Å². The number of benzene rings is 1. The summed E-state index contributed by atoms with van der Waals surface area (Å²) >= 11 is 0.250. The van der Waals surface area contributed by atoms with Crippen molar-refractivity contribution >= 4 is 35.7 Å². The standard InChI is InChI=1S/C42H67N7O9.CH3FS/c1-11-34-42(7)37(49(40(53)58-42)18-13-12-17-48-24-31(45-46-48)29-15-14-16-30(43)20-29)28(5)44-23-25(2)22-41(6,54-10)35(21-33(50)27(4)38(52)56-34)57-39-36(51)32(47(8)9)19-26(3)55-39;1-3-2/h14-16,20,24-28,32,34-37,39,44,51H,11-13,17-19,21-23,43H2,1-10H3;1H3/t25-,26?,27-,28-,32?,34-,35-,36?,37-,39+,41-,42-;/m1./s1. The Labute approximate surface area is 365 Å². The number of nitrogens with one attached hydrogen (secondary N) is 1.